The maximum atomic E-state index is 12.5. The van der Waals surface area contributed by atoms with Crippen LogP contribution in [0.5, 0.6) is 0 Å². The molecule has 0 atom stereocenters. The topological polar surface area (TPSA) is 12.9 Å². The van der Waals surface area contributed by atoms with Gasteiger partial charge in [0, 0.05) is 23.7 Å². The number of halogens is 3. The number of pyridine rings is 1. The SMILES string of the molecule is CCCCC#Cc1ccc(-c2ccc(C(F)(F)F)cc2)nc1. The van der Waals surface area contributed by atoms with Crippen molar-refractivity contribution < 1.29 is 13.2 Å². The predicted octanol–water partition coefficient (Wildman–Crippen LogP) is 5.31. The highest BCUT2D eigenvalue weighted by molar-refractivity contribution is 5.60. The summed E-state index contributed by atoms with van der Waals surface area (Å²) in [5, 5.41) is 0. The van der Waals surface area contributed by atoms with Crippen LogP contribution in [0, 0.1) is 11.8 Å². The average molecular weight is 303 g/mol. The molecule has 22 heavy (non-hydrogen) atoms. The van der Waals surface area contributed by atoms with E-state index in [0.29, 0.717) is 11.3 Å². The van der Waals surface area contributed by atoms with Gasteiger partial charge in [-0.15, -0.1) is 0 Å². The first-order valence-corrected chi connectivity index (χ1v) is 7.13. The second kappa shape index (κ2) is 7.13. The van der Waals surface area contributed by atoms with Gasteiger partial charge < -0.3 is 0 Å². The summed E-state index contributed by atoms with van der Waals surface area (Å²) in [5.74, 6) is 6.10. The predicted molar refractivity (Wildman–Crippen MR) is 81.1 cm³/mol. The highest BCUT2D eigenvalue weighted by Gasteiger charge is 2.29. The third-order valence-electron chi connectivity index (χ3n) is 3.16. The fourth-order valence-electron chi connectivity index (χ4n) is 1.90. The molecule has 0 unspecified atom stereocenters. The lowest BCUT2D eigenvalue weighted by molar-refractivity contribution is -0.137. The smallest absolute Gasteiger partial charge is 0.255 e. The van der Waals surface area contributed by atoms with Crippen LogP contribution >= 0.6 is 0 Å². The van der Waals surface area contributed by atoms with Crippen LogP contribution in [0.3, 0.4) is 0 Å². The van der Waals surface area contributed by atoms with Crippen molar-refractivity contribution in [3.63, 3.8) is 0 Å². The fraction of sp³-hybridized carbons (Fsp3) is 0.278. The van der Waals surface area contributed by atoms with Crippen molar-refractivity contribution in [3.8, 4) is 23.1 Å². The zero-order valence-corrected chi connectivity index (χ0v) is 12.2. The lowest BCUT2D eigenvalue weighted by atomic mass is 10.1. The van der Waals surface area contributed by atoms with Crippen molar-refractivity contribution in [1.29, 1.82) is 0 Å². The van der Waals surface area contributed by atoms with Crippen molar-refractivity contribution in [2.75, 3.05) is 0 Å². The first kappa shape index (κ1) is 16.1. The summed E-state index contributed by atoms with van der Waals surface area (Å²) in [4.78, 5) is 4.26. The zero-order valence-electron chi connectivity index (χ0n) is 12.2. The largest absolute Gasteiger partial charge is 0.416 e. The summed E-state index contributed by atoms with van der Waals surface area (Å²) < 4.78 is 37.6. The van der Waals surface area contributed by atoms with Gasteiger partial charge in [-0.2, -0.15) is 13.2 Å². The molecule has 0 amide bonds. The monoisotopic (exact) mass is 303 g/mol. The lowest BCUT2D eigenvalue weighted by Crippen LogP contribution is -2.04. The molecule has 1 heterocycles. The summed E-state index contributed by atoms with van der Waals surface area (Å²) in [6.07, 6.45) is 0.372. The van der Waals surface area contributed by atoms with Gasteiger partial charge in [-0.05, 0) is 30.7 Å². The van der Waals surface area contributed by atoms with Gasteiger partial charge in [0.15, 0.2) is 0 Å². The number of alkyl halides is 3. The molecule has 1 nitrogen and oxygen atoms in total. The molecular weight excluding hydrogens is 287 g/mol. The molecule has 2 rings (SSSR count). The second-order valence-corrected chi connectivity index (χ2v) is 4.91. The van der Waals surface area contributed by atoms with Crippen molar-refractivity contribution in [1.82, 2.24) is 4.98 Å². The number of benzene rings is 1. The van der Waals surface area contributed by atoms with Crippen LogP contribution in [-0.4, -0.2) is 4.98 Å². The minimum atomic E-state index is -4.32. The summed E-state index contributed by atoms with van der Waals surface area (Å²) in [5.41, 5.74) is 1.44. The van der Waals surface area contributed by atoms with Gasteiger partial charge >= 0.3 is 6.18 Å². The molecule has 0 N–H and O–H groups in total. The Labute approximate surface area is 128 Å². The molecular formula is C18H16F3N. The van der Waals surface area contributed by atoms with Crippen LogP contribution in [0.4, 0.5) is 13.2 Å². The Kier molecular flexibility index (Phi) is 5.21. The molecule has 0 radical (unpaired) electrons. The van der Waals surface area contributed by atoms with E-state index in [2.05, 4.69) is 23.7 Å². The van der Waals surface area contributed by atoms with Crippen molar-refractivity contribution in [2.45, 2.75) is 32.4 Å². The Morgan fingerprint density at radius 1 is 1.05 bits per heavy atom. The maximum absolute atomic E-state index is 12.5. The number of hydrogen-bond acceptors (Lipinski definition) is 1. The van der Waals surface area contributed by atoms with Crippen LogP contribution < -0.4 is 0 Å². The van der Waals surface area contributed by atoms with Crippen LogP contribution in [0.1, 0.15) is 37.3 Å². The summed E-state index contributed by atoms with van der Waals surface area (Å²) in [6, 6.07) is 8.59. The second-order valence-electron chi connectivity index (χ2n) is 4.91. The quantitative estimate of drug-likeness (QED) is 0.553. The number of hydrogen-bond donors (Lipinski definition) is 0. The van der Waals surface area contributed by atoms with Crippen LogP contribution in [0.25, 0.3) is 11.3 Å². The third kappa shape index (κ3) is 4.36. The lowest BCUT2D eigenvalue weighted by Gasteiger charge is -2.07. The molecule has 114 valence electrons. The van der Waals surface area contributed by atoms with Gasteiger partial charge in [-0.25, -0.2) is 0 Å². The molecule has 0 aliphatic heterocycles. The van der Waals surface area contributed by atoms with E-state index in [-0.39, 0.29) is 0 Å². The van der Waals surface area contributed by atoms with Gasteiger partial charge in [-0.1, -0.05) is 37.3 Å². The molecule has 0 bridgehead atoms. The van der Waals surface area contributed by atoms with Crippen molar-refractivity contribution in [2.24, 2.45) is 0 Å². The Bertz CT molecular complexity index is 659. The molecule has 0 aliphatic carbocycles. The Hall–Kier alpha value is -2.28. The third-order valence-corrected chi connectivity index (χ3v) is 3.16. The number of nitrogens with zero attached hydrogens (tertiary/aromatic N) is 1. The highest BCUT2D eigenvalue weighted by atomic mass is 19.4. The van der Waals surface area contributed by atoms with Gasteiger partial charge in [0.25, 0.3) is 0 Å². The number of rotatable bonds is 3. The molecule has 0 saturated heterocycles. The number of unbranched alkanes of at least 4 members (excludes halogenated alkanes) is 2. The van der Waals surface area contributed by atoms with E-state index in [1.165, 1.54) is 12.1 Å². The van der Waals surface area contributed by atoms with E-state index >= 15 is 0 Å². The Morgan fingerprint density at radius 3 is 2.32 bits per heavy atom. The Morgan fingerprint density at radius 2 is 1.77 bits per heavy atom. The highest BCUT2D eigenvalue weighted by Crippen LogP contribution is 2.30. The first-order chi connectivity index (χ1) is 10.5. The molecule has 0 fully saturated rings. The van der Waals surface area contributed by atoms with E-state index < -0.39 is 11.7 Å². The van der Waals surface area contributed by atoms with Crippen LogP contribution in [-0.2, 0) is 6.18 Å². The van der Waals surface area contributed by atoms with Crippen LogP contribution in [0.15, 0.2) is 42.6 Å². The van der Waals surface area contributed by atoms with E-state index in [9.17, 15) is 13.2 Å². The summed E-state index contributed by atoms with van der Waals surface area (Å²) in [6.45, 7) is 2.11. The van der Waals surface area contributed by atoms with Crippen LogP contribution in [0.2, 0.25) is 0 Å². The van der Waals surface area contributed by atoms with Gasteiger partial charge in [0.1, 0.15) is 0 Å². The van der Waals surface area contributed by atoms with Gasteiger partial charge in [0.05, 0.1) is 11.3 Å². The standard InChI is InChI=1S/C18H16F3N/c1-2-3-4-5-6-14-7-12-17(22-13-14)15-8-10-16(11-9-15)18(19,20)21/h7-13H,2-4H2,1H3. The van der Waals surface area contributed by atoms with Gasteiger partial charge in [0.2, 0.25) is 0 Å². The summed E-state index contributed by atoms with van der Waals surface area (Å²) >= 11 is 0. The van der Waals surface area contributed by atoms with Gasteiger partial charge in [-0.3, -0.25) is 4.98 Å². The molecule has 4 heteroatoms. The van der Waals surface area contributed by atoms with Crippen molar-refractivity contribution >= 4 is 0 Å². The zero-order chi connectivity index (χ0) is 16.0. The van der Waals surface area contributed by atoms with E-state index in [4.69, 9.17) is 0 Å². The molecule has 1 aromatic carbocycles. The minimum Gasteiger partial charge on any atom is -0.255 e. The average Bonchev–Trinajstić information content (AvgIpc) is 2.51. The molecule has 1 aromatic heterocycles. The molecule has 0 spiro atoms. The summed E-state index contributed by atoms with van der Waals surface area (Å²) in [7, 11) is 0. The Balaban J connectivity index is 2.11. The minimum absolute atomic E-state index is 0.632. The first-order valence-electron chi connectivity index (χ1n) is 7.13. The molecule has 0 saturated carbocycles. The van der Waals surface area contributed by atoms with E-state index in [1.807, 2.05) is 6.07 Å². The molecule has 0 aliphatic rings. The van der Waals surface area contributed by atoms with Crippen molar-refractivity contribution in [3.05, 3.63) is 53.7 Å². The normalized spacial score (nSPS) is 10.9. The fourth-order valence-corrected chi connectivity index (χ4v) is 1.90. The number of aromatic nitrogens is 1. The maximum Gasteiger partial charge on any atom is 0.416 e. The van der Waals surface area contributed by atoms with E-state index in [0.717, 1.165) is 37.0 Å². The van der Waals surface area contributed by atoms with E-state index in [1.54, 1.807) is 12.3 Å². The molecule has 2 aromatic rings.